The summed E-state index contributed by atoms with van der Waals surface area (Å²) in [5.41, 5.74) is 0.0105. The Balaban J connectivity index is 2.14. The predicted octanol–water partition coefficient (Wildman–Crippen LogP) is 2.43. The second-order valence-corrected chi connectivity index (χ2v) is 7.37. The first-order valence-electron chi connectivity index (χ1n) is 6.54. The molecule has 18 heavy (non-hydrogen) atoms. The zero-order valence-electron chi connectivity index (χ0n) is 11.7. The number of anilines is 1. The molecule has 2 heterocycles. The quantitative estimate of drug-likeness (QED) is 0.896. The number of piperidine rings is 1. The fraction of sp³-hybridized carbons (Fsp3) is 0.846. The lowest BCUT2D eigenvalue weighted by Crippen LogP contribution is -2.43. The molecule has 1 aromatic rings. The minimum absolute atomic E-state index is 0.00478. The summed E-state index contributed by atoms with van der Waals surface area (Å²) in [6.07, 6.45) is 2.20. The van der Waals surface area contributed by atoms with E-state index in [9.17, 15) is 5.11 Å². The summed E-state index contributed by atoms with van der Waals surface area (Å²) in [5.74, 6) is 0.916. The van der Waals surface area contributed by atoms with Gasteiger partial charge in [0.15, 0.2) is 0 Å². The van der Waals surface area contributed by atoms with Gasteiger partial charge in [-0.3, -0.25) is 0 Å². The van der Waals surface area contributed by atoms with E-state index in [1.54, 1.807) is 0 Å². The maximum atomic E-state index is 9.49. The molecular weight excluding hydrogens is 246 g/mol. The van der Waals surface area contributed by atoms with Crippen LogP contribution in [0.25, 0.3) is 0 Å². The van der Waals surface area contributed by atoms with Crippen LogP contribution in [0.3, 0.4) is 0 Å². The molecule has 5 heteroatoms. The van der Waals surface area contributed by atoms with Crippen molar-refractivity contribution in [2.45, 2.75) is 46.0 Å². The van der Waals surface area contributed by atoms with E-state index in [-0.39, 0.29) is 17.4 Å². The number of hydrogen-bond donors (Lipinski definition) is 1. The summed E-state index contributed by atoms with van der Waals surface area (Å²) in [4.78, 5) is 6.93. The summed E-state index contributed by atoms with van der Waals surface area (Å²) in [7, 11) is 0. The van der Waals surface area contributed by atoms with E-state index in [0.29, 0.717) is 0 Å². The fourth-order valence-corrected chi connectivity index (χ4v) is 3.14. The molecule has 1 fully saturated rings. The van der Waals surface area contributed by atoms with Gasteiger partial charge in [-0.2, -0.15) is 4.37 Å². The maximum Gasteiger partial charge on any atom is 0.205 e. The normalized spacial score (nSPS) is 25.5. The zero-order valence-corrected chi connectivity index (χ0v) is 12.5. The van der Waals surface area contributed by atoms with Crippen LogP contribution in [0, 0.1) is 5.41 Å². The fourth-order valence-electron chi connectivity index (χ4n) is 2.26. The summed E-state index contributed by atoms with van der Waals surface area (Å²) < 4.78 is 4.46. The van der Waals surface area contributed by atoms with Crippen molar-refractivity contribution in [1.29, 1.82) is 0 Å². The van der Waals surface area contributed by atoms with Gasteiger partial charge in [-0.15, -0.1) is 0 Å². The van der Waals surface area contributed by atoms with Crippen molar-refractivity contribution in [3.8, 4) is 0 Å². The van der Waals surface area contributed by atoms with Gasteiger partial charge in [-0.25, -0.2) is 4.98 Å². The highest BCUT2D eigenvalue weighted by Crippen LogP contribution is 2.33. The molecule has 1 unspecified atom stereocenters. The number of aromatic nitrogens is 2. The first-order valence-corrected chi connectivity index (χ1v) is 7.31. The van der Waals surface area contributed by atoms with Crippen molar-refractivity contribution in [3.63, 3.8) is 0 Å². The van der Waals surface area contributed by atoms with Gasteiger partial charge in [-0.1, -0.05) is 27.7 Å². The van der Waals surface area contributed by atoms with Gasteiger partial charge in [0.25, 0.3) is 0 Å². The zero-order chi connectivity index (χ0) is 13.4. The third-order valence-corrected chi connectivity index (χ3v) is 4.30. The first-order chi connectivity index (χ1) is 8.34. The largest absolute Gasteiger partial charge is 0.396 e. The van der Waals surface area contributed by atoms with Crippen molar-refractivity contribution in [3.05, 3.63) is 5.82 Å². The molecule has 4 nitrogen and oxygen atoms in total. The van der Waals surface area contributed by atoms with E-state index in [1.807, 2.05) is 0 Å². The average molecular weight is 269 g/mol. The molecule has 1 aliphatic rings. The van der Waals surface area contributed by atoms with Crippen molar-refractivity contribution >= 4 is 16.7 Å². The molecule has 0 radical (unpaired) electrons. The highest BCUT2D eigenvalue weighted by atomic mass is 32.1. The molecule has 2 rings (SSSR count). The van der Waals surface area contributed by atoms with Crippen molar-refractivity contribution in [2.24, 2.45) is 5.41 Å². The Hall–Kier alpha value is -0.680. The number of rotatable bonds is 2. The summed E-state index contributed by atoms with van der Waals surface area (Å²) in [6, 6.07) is 0. The molecule has 1 N–H and O–H groups in total. The molecule has 0 aliphatic carbocycles. The first kappa shape index (κ1) is 13.7. The molecule has 1 atom stereocenters. The van der Waals surface area contributed by atoms with Gasteiger partial charge in [-0.05, 0) is 12.8 Å². The monoisotopic (exact) mass is 269 g/mol. The second kappa shape index (κ2) is 4.78. The van der Waals surface area contributed by atoms with Crippen molar-refractivity contribution in [1.82, 2.24) is 9.36 Å². The molecule has 0 aromatic carbocycles. The average Bonchev–Trinajstić information content (AvgIpc) is 2.78. The van der Waals surface area contributed by atoms with E-state index in [0.717, 1.165) is 36.9 Å². The molecule has 1 aliphatic heterocycles. The minimum Gasteiger partial charge on any atom is -0.396 e. The van der Waals surface area contributed by atoms with Crippen molar-refractivity contribution in [2.75, 3.05) is 24.6 Å². The van der Waals surface area contributed by atoms with Crippen molar-refractivity contribution < 1.29 is 5.11 Å². The minimum atomic E-state index is 0.00478. The van der Waals surface area contributed by atoms with Gasteiger partial charge in [0.2, 0.25) is 5.13 Å². The number of nitrogens with zero attached hydrogens (tertiary/aromatic N) is 3. The van der Waals surface area contributed by atoms with Crippen LogP contribution in [0.1, 0.15) is 46.4 Å². The predicted molar refractivity (Wildman–Crippen MR) is 75.2 cm³/mol. The van der Waals surface area contributed by atoms with Gasteiger partial charge < -0.3 is 10.0 Å². The number of aliphatic hydroxyl groups excluding tert-OH is 1. The van der Waals surface area contributed by atoms with Crippen LogP contribution in [0.15, 0.2) is 0 Å². The Bertz CT molecular complexity index is 413. The Kier molecular flexibility index (Phi) is 3.65. The van der Waals surface area contributed by atoms with Crippen LogP contribution < -0.4 is 4.90 Å². The van der Waals surface area contributed by atoms with Gasteiger partial charge in [0.05, 0.1) is 6.61 Å². The Labute approximate surface area is 113 Å². The molecule has 0 spiro atoms. The smallest absolute Gasteiger partial charge is 0.205 e. The number of hydrogen-bond acceptors (Lipinski definition) is 5. The van der Waals surface area contributed by atoms with Crippen LogP contribution in [-0.2, 0) is 5.41 Å². The molecule has 0 saturated carbocycles. The third kappa shape index (κ3) is 2.83. The summed E-state index contributed by atoms with van der Waals surface area (Å²) in [6.45, 7) is 10.7. The molecule has 1 aromatic heterocycles. The topological polar surface area (TPSA) is 49.2 Å². The second-order valence-electron chi connectivity index (χ2n) is 6.64. The Morgan fingerprint density at radius 3 is 2.72 bits per heavy atom. The van der Waals surface area contributed by atoms with Gasteiger partial charge in [0, 0.05) is 35.5 Å². The molecule has 0 bridgehead atoms. The van der Waals surface area contributed by atoms with E-state index >= 15 is 0 Å². The molecular formula is C13H23N3OS. The molecule has 102 valence electrons. The van der Waals surface area contributed by atoms with Crippen LogP contribution in [0.4, 0.5) is 5.13 Å². The standard InChI is InChI=1S/C13H23N3OS/c1-12(2,3)10-14-11(18-15-10)16-7-5-6-13(4,8-16)9-17/h17H,5-9H2,1-4H3. The lowest BCUT2D eigenvalue weighted by Gasteiger charge is -2.39. The summed E-state index contributed by atoms with van der Waals surface area (Å²) in [5, 5.41) is 10.5. The van der Waals surface area contributed by atoms with Gasteiger partial charge in [0.1, 0.15) is 5.82 Å². The highest BCUT2D eigenvalue weighted by molar-refractivity contribution is 7.09. The Morgan fingerprint density at radius 1 is 1.44 bits per heavy atom. The SMILES string of the molecule is CC1(CO)CCCN(c2nc(C(C)(C)C)ns2)C1. The molecule has 0 amide bonds. The number of aliphatic hydroxyl groups is 1. The van der Waals surface area contributed by atoms with E-state index in [4.69, 9.17) is 0 Å². The maximum absolute atomic E-state index is 9.49. The Morgan fingerprint density at radius 2 is 2.17 bits per heavy atom. The van der Waals surface area contributed by atoms with E-state index < -0.39 is 0 Å². The lowest BCUT2D eigenvalue weighted by molar-refractivity contribution is 0.123. The lowest BCUT2D eigenvalue weighted by atomic mass is 9.83. The summed E-state index contributed by atoms with van der Waals surface area (Å²) >= 11 is 1.48. The van der Waals surface area contributed by atoms with Crippen LogP contribution in [-0.4, -0.2) is 34.2 Å². The van der Waals surface area contributed by atoms with Crippen LogP contribution in [0.5, 0.6) is 0 Å². The highest BCUT2D eigenvalue weighted by Gasteiger charge is 2.32. The van der Waals surface area contributed by atoms with Crippen LogP contribution in [0.2, 0.25) is 0 Å². The van der Waals surface area contributed by atoms with E-state index in [2.05, 4.69) is 42.0 Å². The van der Waals surface area contributed by atoms with Crippen LogP contribution >= 0.6 is 11.5 Å². The third-order valence-electron chi connectivity index (χ3n) is 3.52. The molecule has 1 saturated heterocycles. The van der Waals surface area contributed by atoms with Gasteiger partial charge >= 0.3 is 0 Å². The van der Waals surface area contributed by atoms with E-state index in [1.165, 1.54) is 11.5 Å².